The lowest BCUT2D eigenvalue weighted by Crippen LogP contribution is -2.02. The summed E-state index contributed by atoms with van der Waals surface area (Å²) in [5.41, 5.74) is 0. The van der Waals surface area contributed by atoms with E-state index in [1.165, 1.54) is 6.26 Å². The molecular weight excluding hydrogens is 122 g/mol. The second kappa shape index (κ2) is 2.96. The Bertz CT molecular complexity index is 73.3. The molecule has 0 radical (unpaired) electrons. The molecule has 4 heteroatoms. The maximum absolute atomic E-state index is 11.1. The van der Waals surface area contributed by atoms with Gasteiger partial charge >= 0.3 is 6.43 Å². The Morgan fingerprint density at radius 2 is 2.14 bits per heavy atom. The topological polar surface area (TPSA) is 17.1 Å². The molecule has 0 unspecified atom stereocenters. The van der Waals surface area contributed by atoms with Crippen molar-refractivity contribution in [3.05, 3.63) is 0 Å². The molecule has 42 valence electrons. The number of carbonyl (C=O) groups is 1. The number of thioether (sulfide) groups is 1. The molecular formula is C3H4F2OS. The first-order valence-corrected chi connectivity index (χ1v) is 2.77. The third-order valence-corrected chi connectivity index (χ3v) is 0.960. The van der Waals surface area contributed by atoms with Crippen LogP contribution in [-0.4, -0.2) is 17.8 Å². The third-order valence-electron chi connectivity index (χ3n) is 0.379. The summed E-state index contributed by atoms with van der Waals surface area (Å²) in [4.78, 5) is 9.72. The van der Waals surface area contributed by atoms with Gasteiger partial charge in [-0.05, 0) is 6.26 Å². The monoisotopic (exact) mass is 126 g/mol. The maximum atomic E-state index is 11.1. The van der Waals surface area contributed by atoms with Crippen LogP contribution in [0.3, 0.4) is 0 Å². The smallest absolute Gasteiger partial charge is 0.281 e. The van der Waals surface area contributed by atoms with Crippen LogP contribution >= 0.6 is 11.8 Å². The molecule has 0 aromatic rings. The Labute approximate surface area is 44.1 Å². The van der Waals surface area contributed by atoms with Crippen molar-refractivity contribution in [1.29, 1.82) is 0 Å². The van der Waals surface area contributed by atoms with Gasteiger partial charge in [0.05, 0.1) is 0 Å². The molecule has 0 N–H and O–H groups in total. The van der Waals surface area contributed by atoms with Crippen LogP contribution in [0.1, 0.15) is 0 Å². The molecule has 0 saturated heterocycles. The van der Waals surface area contributed by atoms with Crippen LogP contribution in [0.4, 0.5) is 8.78 Å². The normalized spacial score (nSPS) is 9.71. The molecule has 0 aliphatic rings. The Balaban J connectivity index is 3.35. The SMILES string of the molecule is CSC(=O)C(F)F. The molecule has 0 rings (SSSR count). The van der Waals surface area contributed by atoms with Crippen molar-refractivity contribution in [3.63, 3.8) is 0 Å². The fraction of sp³-hybridized carbons (Fsp3) is 0.667. The van der Waals surface area contributed by atoms with Crippen molar-refractivity contribution < 1.29 is 13.6 Å². The summed E-state index contributed by atoms with van der Waals surface area (Å²) in [6.07, 6.45) is -1.48. The minimum atomic E-state index is -2.81. The summed E-state index contributed by atoms with van der Waals surface area (Å²) in [5, 5.41) is -1.07. The Hall–Kier alpha value is -0.120. The molecule has 0 atom stereocenters. The van der Waals surface area contributed by atoms with Gasteiger partial charge in [-0.1, -0.05) is 11.8 Å². The van der Waals surface area contributed by atoms with Crippen LogP contribution in [0.15, 0.2) is 0 Å². The molecule has 0 aliphatic carbocycles. The first-order valence-electron chi connectivity index (χ1n) is 1.54. The Morgan fingerprint density at radius 3 is 2.14 bits per heavy atom. The zero-order valence-electron chi connectivity index (χ0n) is 3.65. The van der Waals surface area contributed by atoms with Gasteiger partial charge in [0.2, 0.25) is 0 Å². The average molecular weight is 126 g/mol. The average Bonchev–Trinajstić information content (AvgIpc) is 1.65. The fourth-order valence-corrected chi connectivity index (χ4v) is 0.267. The largest absolute Gasteiger partial charge is 0.306 e. The summed E-state index contributed by atoms with van der Waals surface area (Å²) in [5.74, 6) is 0. The summed E-state index contributed by atoms with van der Waals surface area (Å²) in [7, 11) is 0. The van der Waals surface area contributed by atoms with Crippen molar-refractivity contribution in [2.24, 2.45) is 0 Å². The predicted molar refractivity (Wildman–Crippen MR) is 24.5 cm³/mol. The number of hydrogen-bond acceptors (Lipinski definition) is 2. The Kier molecular flexibility index (Phi) is 2.91. The van der Waals surface area contributed by atoms with Crippen molar-refractivity contribution in [2.45, 2.75) is 6.43 Å². The molecule has 7 heavy (non-hydrogen) atoms. The van der Waals surface area contributed by atoms with E-state index in [0.717, 1.165) is 0 Å². The van der Waals surface area contributed by atoms with E-state index >= 15 is 0 Å². The number of alkyl halides is 2. The van der Waals surface area contributed by atoms with Crippen molar-refractivity contribution in [1.82, 2.24) is 0 Å². The molecule has 0 fully saturated rings. The zero-order chi connectivity index (χ0) is 5.86. The van der Waals surface area contributed by atoms with Gasteiger partial charge in [-0.2, -0.15) is 0 Å². The quantitative estimate of drug-likeness (QED) is 0.524. The van der Waals surface area contributed by atoms with Crippen LogP contribution in [0, 0.1) is 0 Å². The molecule has 0 heterocycles. The minimum absolute atomic E-state index is 0.544. The second-order valence-electron chi connectivity index (χ2n) is 0.824. The third kappa shape index (κ3) is 2.56. The first-order chi connectivity index (χ1) is 3.18. The van der Waals surface area contributed by atoms with Crippen molar-refractivity contribution >= 4 is 16.9 Å². The highest BCUT2D eigenvalue weighted by atomic mass is 32.2. The van der Waals surface area contributed by atoms with E-state index in [1.54, 1.807) is 0 Å². The molecule has 0 saturated carbocycles. The van der Waals surface area contributed by atoms with E-state index in [2.05, 4.69) is 0 Å². The van der Waals surface area contributed by atoms with E-state index < -0.39 is 11.5 Å². The van der Waals surface area contributed by atoms with Gasteiger partial charge in [-0.3, -0.25) is 4.79 Å². The van der Waals surface area contributed by atoms with Gasteiger partial charge in [0, 0.05) is 0 Å². The van der Waals surface area contributed by atoms with E-state index in [0.29, 0.717) is 11.8 Å². The highest BCUT2D eigenvalue weighted by molar-refractivity contribution is 8.13. The zero-order valence-corrected chi connectivity index (χ0v) is 4.47. The predicted octanol–water partition coefficient (Wildman–Crippen LogP) is 1.14. The van der Waals surface area contributed by atoms with Crippen LogP contribution in [0.2, 0.25) is 0 Å². The van der Waals surface area contributed by atoms with Gasteiger partial charge in [0.25, 0.3) is 5.12 Å². The van der Waals surface area contributed by atoms with Gasteiger partial charge < -0.3 is 0 Å². The summed E-state index contributed by atoms with van der Waals surface area (Å²) >= 11 is 0.544. The van der Waals surface area contributed by atoms with Crippen LogP contribution in [-0.2, 0) is 4.79 Å². The summed E-state index contributed by atoms with van der Waals surface area (Å²) in [6.45, 7) is 0. The maximum Gasteiger partial charge on any atom is 0.306 e. The lowest BCUT2D eigenvalue weighted by molar-refractivity contribution is -0.120. The highest BCUT2D eigenvalue weighted by Gasteiger charge is 2.11. The highest BCUT2D eigenvalue weighted by Crippen LogP contribution is 2.03. The van der Waals surface area contributed by atoms with E-state index in [-0.39, 0.29) is 0 Å². The molecule has 1 nitrogen and oxygen atoms in total. The number of carbonyl (C=O) groups excluding carboxylic acids is 1. The van der Waals surface area contributed by atoms with E-state index in [9.17, 15) is 13.6 Å². The lowest BCUT2D eigenvalue weighted by atomic mass is 10.8. The van der Waals surface area contributed by atoms with Gasteiger partial charge in [-0.25, -0.2) is 8.78 Å². The molecule has 0 amide bonds. The van der Waals surface area contributed by atoms with Crippen LogP contribution in [0.25, 0.3) is 0 Å². The number of halogens is 2. The lowest BCUT2D eigenvalue weighted by Gasteiger charge is -1.87. The van der Waals surface area contributed by atoms with Crippen LogP contribution in [0.5, 0.6) is 0 Å². The number of hydrogen-bond donors (Lipinski definition) is 0. The number of rotatable bonds is 1. The molecule has 0 aliphatic heterocycles. The summed E-state index contributed by atoms with van der Waals surface area (Å²) < 4.78 is 22.1. The van der Waals surface area contributed by atoms with Crippen molar-refractivity contribution in [2.75, 3.05) is 6.26 Å². The van der Waals surface area contributed by atoms with E-state index in [4.69, 9.17) is 0 Å². The van der Waals surface area contributed by atoms with Gasteiger partial charge in [0.15, 0.2) is 0 Å². The molecule has 0 bridgehead atoms. The Morgan fingerprint density at radius 1 is 1.71 bits per heavy atom. The van der Waals surface area contributed by atoms with Gasteiger partial charge in [0.1, 0.15) is 0 Å². The standard InChI is InChI=1S/C3H4F2OS/c1-7-3(6)2(4)5/h2H,1H3. The summed E-state index contributed by atoms with van der Waals surface area (Å²) in [6, 6.07) is 0. The molecule has 0 spiro atoms. The van der Waals surface area contributed by atoms with Gasteiger partial charge in [-0.15, -0.1) is 0 Å². The first kappa shape index (κ1) is 6.88. The van der Waals surface area contributed by atoms with Crippen molar-refractivity contribution in [3.8, 4) is 0 Å². The fourth-order valence-electron chi connectivity index (χ4n) is 0.0891. The van der Waals surface area contributed by atoms with Crippen LogP contribution < -0.4 is 0 Å². The molecule has 0 aromatic heterocycles. The second-order valence-corrected chi connectivity index (χ2v) is 1.63. The van der Waals surface area contributed by atoms with E-state index in [1.807, 2.05) is 0 Å². The minimum Gasteiger partial charge on any atom is -0.281 e. The molecule has 0 aromatic carbocycles.